The van der Waals surface area contributed by atoms with Gasteiger partial charge in [-0.1, -0.05) is 36.4 Å². The molecule has 2 aromatic rings. The summed E-state index contributed by atoms with van der Waals surface area (Å²) < 4.78 is 0. The first kappa shape index (κ1) is 16.0. The Kier molecular flexibility index (Phi) is 5.49. The van der Waals surface area contributed by atoms with Gasteiger partial charge in [0.25, 0.3) is 0 Å². The van der Waals surface area contributed by atoms with E-state index in [0.717, 1.165) is 16.9 Å². The number of nitrogens with one attached hydrogen (secondary N) is 1. The number of nitrogens with two attached hydrogens (primary N) is 1. The molecule has 0 saturated heterocycles. The highest BCUT2D eigenvalue weighted by atomic mass is 16.2. The van der Waals surface area contributed by atoms with Crippen molar-refractivity contribution in [3.63, 3.8) is 0 Å². The quantitative estimate of drug-likeness (QED) is 0.844. The maximum absolute atomic E-state index is 12.1. The Labute approximate surface area is 131 Å². The Morgan fingerprint density at radius 1 is 1.23 bits per heavy atom. The van der Waals surface area contributed by atoms with E-state index in [0.29, 0.717) is 13.0 Å². The van der Waals surface area contributed by atoms with Crippen LogP contribution in [0, 0.1) is 0 Å². The van der Waals surface area contributed by atoms with Crippen LogP contribution in [0.15, 0.2) is 48.7 Å². The fourth-order valence-electron chi connectivity index (χ4n) is 2.25. The summed E-state index contributed by atoms with van der Waals surface area (Å²) in [4.78, 5) is 18.4. The number of pyridine rings is 1. The summed E-state index contributed by atoms with van der Waals surface area (Å²) in [5.74, 6) is 0.692. The number of rotatable bonds is 6. The number of carbonyl (C=O) groups excluding carboxylic acids is 1. The molecule has 1 unspecified atom stereocenters. The van der Waals surface area contributed by atoms with Gasteiger partial charge in [-0.05, 0) is 18.1 Å². The first-order chi connectivity index (χ1) is 10.6. The number of hydrogen-bond donors (Lipinski definition) is 2. The second kappa shape index (κ2) is 7.56. The topological polar surface area (TPSA) is 71.2 Å². The van der Waals surface area contributed by atoms with E-state index < -0.39 is 6.04 Å². The molecule has 1 aromatic carbocycles. The second-order valence-corrected chi connectivity index (χ2v) is 5.39. The highest BCUT2D eigenvalue weighted by Crippen LogP contribution is 2.13. The molecule has 3 N–H and O–H groups in total. The lowest BCUT2D eigenvalue weighted by atomic mass is 10.1. The number of carbonyl (C=O) groups is 1. The average Bonchev–Trinajstić information content (AvgIpc) is 2.53. The molecule has 5 heteroatoms. The first-order valence-corrected chi connectivity index (χ1v) is 7.26. The van der Waals surface area contributed by atoms with Gasteiger partial charge < -0.3 is 16.0 Å². The summed E-state index contributed by atoms with van der Waals surface area (Å²) >= 11 is 0. The molecule has 1 heterocycles. The highest BCUT2D eigenvalue weighted by molar-refractivity contribution is 5.81. The smallest absolute Gasteiger partial charge is 0.237 e. The number of nitrogens with zero attached hydrogens (tertiary/aromatic N) is 2. The van der Waals surface area contributed by atoms with Crippen LogP contribution in [-0.4, -0.2) is 31.0 Å². The molecule has 0 radical (unpaired) electrons. The third-order valence-electron chi connectivity index (χ3n) is 3.38. The van der Waals surface area contributed by atoms with E-state index in [1.54, 1.807) is 6.20 Å². The van der Waals surface area contributed by atoms with Gasteiger partial charge in [0.15, 0.2) is 0 Å². The van der Waals surface area contributed by atoms with Gasteiger partial charge in [0.2, 0.25) is 5.91 Å². The molecule has 0 aliphatic heterocycles. The van der Waals surface area contributed by atoms with Crippen molar-refractivity contribution in [2.75, 3.05) is 19.0 Å². The predicted octanol–water partition coefficient (Wildman–Crippen LogP) is 1.33. The lowest BCUT2D eigenvalue weighted by molar-refractivity contribution is -0.122. The van der Waals surface area contributed by atoms with Crippen molar-refractivity contribution in [1.29, 1.82) is 0 Å². The normalized spacial score (nSPS) is 11.8. The summed E-state index contributed by atoms with van der Waals surface area (Å²) in [7, 11) is 3.85. The van der Waals surface area contributed by atoms with Crippen LogP contribution in [0.3, 0.4) is 0 Å². The fraction of sp³-hybridized carbons (Fsp3) is 0.294. The van der Waals surface area contributed by atoms with Crippen LogP contribution in [0.25, 0.3) is 0 Å². The van der Waals surface area contributed by atoms with Gasteiger partial charge in [-0.3, -0.25) is 4.79 Å². The Hall–Kier alpha value is -2.40. The van der Waals surface area contributed by atoms with Crippen LogP contribution in [0.5, 0.6) is 0 Å². The molecule has 5 nitrogen and oxygen atoms in total. The molecule has 0 aliphatic carbocycles. The minimum Gasteiger partial charge on any atom is -0.362 e. The molecule has 0 aliphatic rings. The molecule has 0 saturated carbocycles. The van der Waals surface area contributed by atoms with Crippen LogP contribution in [0.4, 0.5) is 5.82 Å². The van der Waals surface area contributed by atoms with E-state index >= 15 is 0 Å². The first-order valence-electron chi connectivity index (χ1n) is 7.26. The molecular formula is C17H22N4O. The number of aromatic nitrogens is 1. The summed E-state index contributed by atoms with van der Waals surface area (Å²) in [6.45, 7) is 0.419. The maximum Gasteiger partial charge on any atom is 0.237 e. The van der Waals surface area contributed by atoms with Crippen molar-refractivity contribution in [3.05, 3.63) is 59.8 Å². The third-order valence-corrected chi connectivity index (χ3v) is 3.38. The molecule has 0 fully saturated rings. The van der Waals surface area contributed by atoms with E-state index in [9.17, 15) is 4.79 Å². The minimum atomic E-state index is -0.554. The number of anilines is 1. The summed E-state index contributed by atoms with van der Waals surface area (Å²) in [6.07, 6.45) is 2.27. The van der Waals surface area contributed by atoms with Gasteiger partial charge in [-0.2, -0.15) is 0 Å². The Morgan fingerprint density at radius 3 is 2.64 bits per heavy atom. The van der Waals surface area contributed by atoms with Gasteiger partial charge >= 0.3 is 0 Å². The van der Waals surface area contributed by atoms with Crippen molar-refractivity contribution in [2.24, 2.45) is 5.73 Å². The van der Waals surface area contributed by atoms with Crippen molar-refractivity contribution < 1.29 is 4.79 Å². The second-order valence-electron chi connectivity index (χ2n) is 5.39. The standard InChI is InChI=1S/C17H22N4O/c1-21(2)16-14(9-6-10-19-16)12-20-17(22)15(18)11-13-7-4-3-5-8-13/h3-10,15H,11-12,18H2,1-2H3,(H,20,22). The zero-order valence-electron chi connectivity index (χ0n) is 13.0. The third kappa shape index (κ3) is 4.30. The maximum atomic E-state index is 12.1. The fourth-order valence-corrected chi connectivity index (χ4v) is 2.25. The van der Waals surface area contributed by atoms with Crippen LogP contribution in [0.2, 0.25) is 0 Å². The number of amides is 1. The van der Waals surface area contributed by atoms with E-state index in [1.165, 1.54) is 0 Å². The molecule has 1 atom stereocenters. The van der Waals surface area contributed by atoms with Crippen LogP contribution < -0.4 is 16.0 Å². The molecule has 1 amide bonds. The largest absolute Gasteiger partial charge is 0.362 e. The summed E-state index contributed by atoms with van der Waals surface area (Å²) in [6, 6.07) is 13.0. The lowest BCUT2D eigenvalue weighted by Gasteiger charge is -2.17. The Bertz CT molecular complexity index is 613. The van der Waals surface area contributed by atoms with E-state index in [1.807, 2.05) is 61.5 Å². The Balaban J connectivity index is 1.93. The molecule has 2 rings (SSSR count). The predicted molar refractivity (Wildman–Crippen MR) is 88.5 cm³/mol. The van der Waals surface area contributed by atoms with Gasteiger partial charge in [0.1, 0.15) is 5.82 Å². The Morgan fingerprint density at radius 2 is 1.95 bits per heavy atom. The minimum absolute atomic E-state index is 0.155. The number of benzene rings is 1. The van der Waals surface area contributed by atoms with Crippen LogP contribution >= 0.6 is 0 Å². The van der Waals surface area contributed by atoms with E-state index in [4.69, 9.17) is 5.73 Å². The van der Waals surface area contributed by atoms with Gasteiger partial charge in [-0.15, -0.1) is 0 Å². The average molecular weight is 298 g/mol. The van der Waals surface area contributed by atoms with Crippen LogP contribution in [-0.2, 0) is 17.8 Å². The van der Waals surface area contributed by atoms with E-state index in [2.05, 4.69) is 10.3 Å². The van der Waals surface area contributed by atoms with Crippen LogP contribution in [0.1, 0.15) is 11.1 Å². The lowest BCUT2D eigenvalue weighted by Crippen LogP contribution is -2.41. The summed E-state index contributed by atoms with van der Waals surface area (Å²) in [5.41, 5.74) is 7.99. The SMILES string of the molecule is CN(C)c1ncccc1CNC(=O)C(N)Cc1ccccc1. The monoisotopic (exact) mass is 298 g/mol. The molecular weight excluding hydrogens is 276 g/mol. The van der Waals surface area contributed by atoms with Gasteiger partial charge in [0.05, 0.1) is 6.04 Å². The molecule has 1 aromatic heterocycles. The van der Waals surface area contributed by atoms with E-state index in [-0.39, 0.29) is 5.91 Å². The van der Waals surface area contributed by atoms with Crippen molar-refractivity contribution in [1.82, 2.24) is 10.3 Å². The highest BCUT2D eigenvalue weighted by Gasteiger charge is 2.14. The summed E-state index contributed by atoms with van der Waals surface area (Å²) in [5, 5.41) is 2.88. The molecule has 22 heavy (non-hydrogen) atoms. The molecule has 0 bridgehead atoms. The van der Waals surface area contributed by atoms with Crippen molar-refractivity contribution in [2.45, 2.75) is 19.0 Å². The zero-order valence-corrected chi connectivity index (χ0v) is 13.0. The zero-order chi connectivity index (χ0) is 15.9. The number of hydrogen-bond acceptors (Lipinski definition) is 4. The van der Waals surface area contributed by atoms with Gasteiger partial charge in [-0.25, -0.2) is 4.98 Å². The van der Waals surface area contributed by atoms with Crippen molar-refractivity contribution >= 4 is 11.7 Å². The van der Waals surface area contributed by atoms with Gasteiger partial charge in [0, 0.05) is 32.4 Å². The van der Waals surface area contributed by atoms with Crippen molar-refractivity contribution in [3.8, 4) is 0 Å². The molecule has 116 valence electrons. The molecule has 0 spiro atoms.